The zero-order chi connectivity index (χ0) is 9.43. The fourth-order valence-corrected chi connectivity index (χ4v) is 1.90. The molecular formula is C11H10O3. The van der Waals surface area contributed by atoms with E-state index >= 15 is 0 Å². The highest BCUT2D eigenvalue weighted by molar-refractivity contribution is 5.51. The van der Waals surface area contributed by atoms with Crippen molar-refractivity contribution in [2.45, 2.75) is 5.60 Å². The van der Waals surface area contributed by atoms with Crippen LogP contribution in [0.3, 0.4) is 0 Å². The van der Waals surface area contributed by atoms with E-state index in [4.69, 9.17) is 14.5 Å². The molecule has 0 bridgehead atoms. The number of ether oxygens (including phenoxy) is 1. The summed E-state index contributed by atoms with van der Waals surface area (Å²) in [4.78, 5) is 10.5. The molecule has 3 nitrogen and oxygen atoms in total. The Labute approximate surface area is 81.9 Å². The molecule has 1 spiro atoms. The SMILES string of the molecule is C1=CC2=COCC23OOCC=CC3=C1. The number of hydrogen-bond donors (Lipinski definition) is 0. The first kappa shape index (κ1) is 8.03. The molecule has 0 N–H and O–H groups in total. The van der Waals surface area contributed by atoms with Gasteiger partial charge in [-0.15, -0.1) is 0 Å². The Hall–Kier alpha value is -1.32. The topological polar surface area (TPSA) is 27.7 Å². The summed E-state index contributed by atoms with van der Waals surface area (Å²) in [5, 5.41) is 0. The minimum Gasteiger partial charge on any atom is -0.497 e. The van der Waals surface area contributed by atoms with E-state index in [0.29, 0.717) is 13.2 Å². The van der Waals surface area contributed by atoms with Crippen molar-refractivity contribution < 1.29 is 14.5 Å². The highest BCUT2D eigenvalue weighted by Crippen LogP contribution is 2.40. The molecular weight excluding hydrogens is 180 g/mol. The van der Waals surface area contributed by atoms with Gasteiger partial charge in [0.2, 0.25) is 0 Å². The first-order chi connectivity index (χ1) is 6.92. The Kier molecular flexibility index (Phi) is 1.63. The Morgan fingerprint density at radius 1 is 1.21 bits per heavy atom. The Morgan fingerprint density at radius 3 is 3.21 bits per heavy atom. The van der Waals surface area contributed by atoms with Crippen LogP contribution in [-0.2, 0) is 14.5 Å². The summed E-state index contributed by atoms with van der Waals surface area (Å²) in [6.45, 7) is 0.967. The fourth-order valence-electron chi connectivity index (χ4n) is 1.90. The van der Waals surface area contributed by atoms with Crippen molar-refractivity contribution in [3.05, 3.63) is 47.8 Å². The third kappa shape index (κ3) is 0.937. The van der Waals surface area contributed by atoms with E-state index in [9.17, 15) is 0 Å². The summed E-state index contributed by atoms with van der Waals surface area (Å²) < 4.78 is 5.31. The van der Waals surface area contributed by atoms with E-state index in [1.165, 1.54) is 0 Å². The van der Waals surface area contributed by atoms with Gasteiger partial charge in [-0.2, -0.15) is 0 Å². The standard InChI is InChI=1S/C11H10O3/c1-3-9-5-2-6-13-14-11(9)8-12-7-10(11)4-1/h1-5,7H,6,8H2. The van der Waals surface area contributed by atoms with E-state index in [2.05, 4.69) is 0 Å². The van der Waals surface area contributed by atoms with Crippen LogP contribution in [0.5, 0.6) is 0 Å². The van der Waals surface area contributed by atoms with Gasteiger partial charge < -0.3 is 4.74 Å². The van der Waals surface area contributed by atoms with Gasteiger partial charge in [-0.3, -0.25) is 0 Å². The highest BCUT2D eigenvalue weighted by atomic mass is 17.2. The molecule has 3 rings (SSSR count). The third-order valence-corrected chi connectivity index (χ3v) is 2.64. The van der Waals surface area contributed by atoms with Crippen LogP contribution in [0.15, 0.2) is 47.8 Å². The maximum Gasteiger partial charge on any atom is 0.190 e. The molecule has 3 heteroatoms. The molecule has 0 amide bonds. The molecule has 0 aromatic rings. The molecule has 0 saturated carbocycles. The van der Waals surface area contributed by atoms with Crippen LogP contribution in [0.2, 0.25) is 0 Å². The van der Waals surface area contributed by atoms with Gasteiger partial charge in [-0.1, -0.05) is 30.4 Å². The molecule has 0 saturated heterocycles. The summed E-state index contributed by atoms with van der Waals surface area (Å²) in [6, 6.07) is 0. The van der Waals surface area contributed by atoms with Crippen LogP contribution in [0, 0.1) is 0 Å². The van der Waals surface area contributed by atoms with Crippen LogP contribution in [0.1, 0.15) is 0 Å². The average molecular weight is 190 g/mol. The molecule has 2 aliphatic heterocycles. The summed E-state index contributed by atoms with van der Waals surface area (Å²) >= 11 is 0. The predicted molar refractivity (Wildman–Crippen MR) is 50.2 cm³/mol. The number of allylic oxidation sites excluding steroid dienone is 2. The van der Waals surface area contributed by atoms with Gasteiger partial charge in [0.25, 0.3) is 0 Å². The van der Waals surface area contributed by atoms with Gasteiger partial charge in [0.15, 0.2) is 5.60 Å². The first-order valence-electron chi connectivity index (χ1n) is 4.60. The van der Waals surface area contributed by atoms with Gasteiger partial charge in [-0.05, 0) is 5.57 Å². The lowest BCUT2D eigenvalue weighted by Crippen LogP contribution is -2.37. The summed E-state index contributed by atoms with van der Waals surface area (Å²) in [7, 11) is 0. The second kappa shape index (κ2) is 2.83. The summed E-state index contributed by atoms with van der Waals surface area (Å²) in [5.74, 6) is 0. The maximum absolute atomic E-state index is 5.44. The number of hydrogen-bond acceptors (Lipinski definition) is 3. The minimum absolute atomic E-state index is 0.479. The van der Waals surface area contributed by atoms with Crippen molar-refractivity contribution in [1.29, 1.82) is 0 Å². The minimum atomic E-state index is -0.526. The second-order valence-electron chi connectivity index (χ2n) is 3.46. The smallest absolute Gasteiger partial charge is 0.190 e. The molecule has 1 unspecified atom stereocenters. The molecule has 2 heterocycles. The fraction of sp³-hybridized carbons (Fsp3) is 0.273. The van der Waals surface area contributed by atoms with Crippen LogP contribution < -0.4 is 0 Å². The van der Waals surface area contributed by atoms with Crippen LogP contribution in [0.25, 0.3) is 0 Å². The predicted octanol–water partition coefficient (Wildman–Crippen LogP) is 1.65. The molecule has 0 fully saturated rings. The molecule has 0 aromatic carbocycles. The van der Waals surface area contributed by atoms with E-state index in [1.54, 1.807) is 6.26 Å². The average Bonchev–Trinajstić information content (AvgIpc) is 2.50. The first-order valence-corrected chi connectivity index (χ1v) is 4.60. The maximum atomic E-state index is 5.44. The van der Waals surface area contributed by atoms with E-state index < -0.39 is 5.60 Å². The lowest BCUT2D eigenvalue weighted by molar-refractivity contribution is -0.333. The van der Waals surface area contributed by atoms with E-state index in [0.717, 1.165) is 11.1 Å². The zero-order valence-corrected chi connectivity index (χ0v) is 7.60. The molecule has 1 aliphatic carbocycles. The highest BCUT2D eigenvalue weighted by Gasteiger charge is 2.45. The number of rotatable bonds is 0. The third-order valence-electron chi connectivity index (χ3n) is 2.64. The Bertz CT molecular complexity index is 376. The quantitative estimate of drug-likeness (QED) is 0.543. The van der Waals surface area contributed by atoms with Gasteiger partial charge in [0.1, 0.15) is 13.2 Å². The van der Waals surface area contributed by atoms with Gasteiger partial charge in [-0.25, -0.2) is 9.78 Å². The van der Waals surface area contributed by atoms with E-state index in [1.807, 2.05) is 30.4 Å². The van der Waals surface area contributed by atoms with Crippen LogP contribution in [0.4, 0.5) is 0 Å². The molecule has 72 valence electrons. The monoisotopic (exact) mass is 190 g/mol. The van der Waals surface area contributed by atoms with Crippen molar-refractivity contribution in [3.8, 4) is 0 Å². The molecule has 0 radical (unpaired) electrons. The van der Waals surface area contributed by atoms with E-state index in [-0.39, 0.29) is 0 Å². The van der Waals surface area contributed by atoms with Gasteiger partial charge >= 0.3 is 0 Å². The molecule has 3 aliphatic rings. The zero-order valence-electron chi connectivity index (χ0n) is 7.60. The van der Waals surface area contributed by atoms with Gasteiger partial charge in [0, 0.05) is 5.57 Å². The molecule has 1 atom stereocenters. The largest absolute Gasteiger partial charge is 0.497 e. The lowest BCUT2D eigenvalue weighted by Gasteiger charge is -2.29. The Morgan fingerprint density at radius 2 is 2.21 bits per heavy atom. The summed E-state index contributed by atoms with van der Waals surface area (Å²) in [5.41, 5.74) is 1.57. The van der Waals surface area contributed by atoms with Crippen molar-refractivity contribution in [2.75, 3.05) is 13.2 Å². The van der Waals surface area contributed by atoms with Crippen molar-refractivity contribution in [3.63, 3.8) is 0 Å². The lowest BCUT2D eigenvalue weighted by atomic mass is 9.84. The second-order valence-corrected chi connectivity index (χ2v) is 3.46. The van der Waals surface area contributed by atoms with Crippen molar-refractivity contribution in [1.82, 2.24) is 0 Å². The summed E-state index contributed by atoms with van der Waals surface area (Å²) in [6.07, 6.45) is 11.7. The van der Waals surface area contributed by atoms with Crippen molar-refractivity contribution >= 4 is 0 Å². The molecule has 0 aromatic heterocycles. The molecule has 14 heavy (non-hydrogen) atoms. The normalized spacial score (nSPS) is 33.7. The Balaban J connectivity index is 2.13. The van der Waals surface area contributed by atoms with Crippen LogP contribution >= 0.6 is 0 Å². The van der Waals surface area contributed by atoms with Crippen LogP contribution in [-0.4, -0.2) is 18.8 Å². The van der Waals surface area contributed by atoms with Crippen molar-refractivity contribution in [2.24, 2.45) is 0 Å². The van der Waals surface area contributed by atoms with Gasteiger partial charge in [0.05, 0.1) is 6.26 Å².